The van der Waals surface area contributed by atoms with Gasteiger partial charge >= 0.3 is 0 Å². The zero-order chi connectivity index (χ0) is 9.80. The molecule has 1 nitrogen and oxygen atoms in total. The molecule has 1 heterocycles. The van der Waals surface area contributed by atoms with Gasteiger partial charge < -0.3 is 5.32 Å². The maximum Gasteiger partial charge on any atom is 0.0213 e. The Morgan fingerprint density at radius 1 is 1.36 bits per heavy atom. The average molecular weight is 207 g/mol. The first-order valence-corrected chi connectivity index (χ1v) is 6.27. The number of thioether (sulfide) groups is 1. The van der Waals surface area contributed by atoms with Crippen LogP contribution in [0.15, 0.2) is 24.3 Å². The molecule has 1 aromatic rings. The van der Waals surface area contributed by atoms with Crippen molar-refractivity contribution in [3.63, 3.8) is 0 Å². The molecule has 1 saturated heterocycles. The fourth-order valence-electron chi connectivity index (χ4n) is 1.74. The van der Waals surface area contributed by atoms with Crippen molar-refractivity contribution < 1.29 is 0 Å². The van der Waals surface area contributed by atoms with E-state index in [0.29, 0.717) is 0 Å². The molecule has 0 spiro atoms. The Balaban J connectivity index is 1.92. The number of rotatable bonds is 2. The lowest BCUT2D eigenvalue weighted by atomic mass is 10.1. The fraction of sp³-hybridized carbons (Fsp3) is 0.500. The summed E-state index contributed by atoms with van der Waals surface area (Å²) in [4.78, 5) is 0. The van der Waals surface area contributed by atoms with Crippen LogP contribution in [0.3, 0.4) is 0 Å². The molecule has 76 valence electrons. The Kier molecular flexibility index (Phi) is 3.49. The number of hydrogen-bond donors (Lipinski definition) is 1. The minimum absolute atomic E-state index is 0.770. The Hall–Kier alpha value is -0.470. The summed E-state index contributed by atoms with van der Waals surface area (Å²) in [5, 5.41) is 4.22. The minimum atomic E-state index is 0.770. The van der Waals surface area contributed by atoms with E-state index < -0.39 is 0 Å². The summed E-state index contributed by atoms with van der Waals surface area (Å²) in [5.41, 5.74) is 2.82. The summed E-state index contributed by atoms with van der Waals surface area (Å²) in [6.07, 6.45) is 1.21. The molecule has 0 bridgehead atoms. The molecule has 0 saturated carbocycles. The van der Waals surface area contributed by atoms with Crippen molar-refractivity contribution in [2.24, 2.45) is 0 Å². The van der Waals surface area contributed by atoms with E-state index in [0.717, 1.165) is 5.25 Å². The minimum Gasteiger partial charge on any atom is -0.315 e. The normalized spacial score (nSPS) is 22.2. The van der Waals surface area contributed by atoms with Crippen LogP contribution in [-0.4, -0.2) is 24.1 Å². The van der Waals surface area contributed by atoms with Crippen LogP contribution in [0.25, 0.3) is 0 Å². The number of aryl methyl sites for hydroxylation is 1. The van der Waals surface area contributed by atoms with Gasteiger partial charge in [-0.3, -0.25) is 0 Å². The summed E-state index contributed by atoms with van der Waals surface area (Å²) in [6.45, 7) is 4.48. The van der Waals surface area contributed by atoms with Crippen molar-refractivity contribution in [2.45, 2.75) is 18.6 Å². The second-order valence-corrected chi connectivity index (χ2v) is 5.29. The number of hydrogen-bond acceptors (Lipinski definition) is 2. The summed E-state index contributed by atoms with van der Waals surface area (Å²) >= 11 is 2.10. The standard InChI is InChI=1S/C12H17NS/c1-10-2-4-11(5-3-10)8-12-9-13-6-7-14-12/h2-5,12-13H,6-9H2,1H3. The third kappa shape index (κ3) is 2.76. The van der Waals surface area contributed by atoms with E-state index >= 15 is 0 Å². The van der Waals surface area contributed by atoms with E-state index in [2.05, 4.69) is 48.3 Å². The fourth-order valence-corrected chi connectivity index (χ4v) is 2.88. The molecule has 1 aliphatic heterocycles. The van der Waals surface area contributed by atoms with E-state index in [1.807, 2.05) is 0 Å². The van der Waals surface area contributed by atoms with Gasteiger partial charge in [-0.2, -0.15) is 11.8 Å². The Morgan fingerprint density at radius 2 is 2.14 bits per heavy atom. The van der Waals surface area contributed by atoms with Gasteiger partial charge in [-0.1, -0.05) is 29.8 Å². The molecule has 0 radical (unpaired) electrons. The van der Waals surface area contributed by atoms with E-state index in [4.69, 9.17) is 0 Å². The van der Waals surface area contributed by atoms with E-state index in [-0.39, 0.29) is 0 Å². The van der Waals surface area contributed by atoms with E-state index in [1.54, 1.807) is 0 Å². The maximum atomic E-state index is 3.45. The van der Waals surface area contributed by atoms with Crippen LogP contribution in [0, 0.1) is 6.92 Å². The van der Waals surface area contributed by atoms with Gasteiger partial charge in [0.1, 0.15) is 0 Å². The van der Waals surface area contributed by atoms with Crippen molar-refractivity contribution in [3.8, 4) is 0 Å². The van der Waals surface area contributed by atoms with Crippen LogP contribution in [0.1, 0.15) is 11.1 Å². The molecule has 0 aromatic heterocycles. The SMILES string of the molecule is Cc1ccc(CC2CNCCS2)cc1. The first kappa shape index (κ1) is 10.1. The molecule has 1 aliphatic rings. The molecule has 14 heavy (non-hydrogen) atoms. The third-order valence-corrected chi connectivity index (χ3v) is 3.83. The van der Waals surface area contributed by atoms with Gasteiger partial charge in [0, 0.05) is 24.1 Å². The quantitative estimate of drug-likeness (QED) is 0.798. The predicted octanol–water partition coefficient (Wildman–Crippen LogP) is 2.24. The Labute approximate surface area is 90.3 Å². The lowest BCUT2D eigenvalue weighted by Gasteiger charge is -2.22. The Bertz CT molecular complexity index is 275. The second-order valence-electron chi connectivity index (χ2n) is 3.89. The molecule has 1 N–H and O–H groups in total. The third-order valence-electron chi connectivity index (χ3n) is 2.59. The molecular formula is C12H17NS. The topological polar surface area (TPSA) is 12.0 Å². The number of nitrogens with one attached hydrogen (secondary N) is 1. The highest BCUT2D eigenvalue weighted by Crippen LogP contribution is 2.18. The van der Waals surface area contributed by atoms with Gasteiger partial charge in [-0.25, -0.2) is 0 Å². The maximum absolute atomic E-state index is 3.45. The summed E-state index contributed by atoms with van der Waals surface area (Å²) in [6, 6.07) is 8.92. The van der Waals surface area contributed by atoms with Crippen LogP contribution < -0.4 is 5.32 Å². The zero-order valence-corrected chi connectivity index (χ0v) is 9.44. The number of benzene rings is 1. The molecule has 0 amide bonds. The van der Waals surface area contributed by atoms with Crippen LogP contribution >= 0.6 is 11.8 Å². The van der Waals surface area contributed by atoms with Crippen LogP contribution in [0.2, 0.25) is 0 Å². The molecule has 2 heteroatoms. The Morgan fingerprint density at radius 3 is 2.79 bits per heavy atom. The van der Waals surface area contributed by atoms with Crippen molar-refractivity contribution in [2.75, 3.05) is 18.8 Å². The van der Waals surface area contributed by atoms with Gasteiger partial charge in [0.2, 0.25) is 0 Å². The van der Waals surface area contributed by atoms with Gasteiger partial charge in [0.05, 0.1) is 0 Å². The van der Waals surface area contributed by atoms with Crippen molar-refractivity contribution in [3.05, 3.63) is 35.4 Å². The van der Waals surface area contributed by atoms with E-state index in [1.165, 1.54) is 36.4 Å². The predicted molar refractivity (Wildman–Crippen MR) is 64.0 cm³/mol. The molecule has 2 rings (SSSR count). The highest BCUT2D eigenvalue weighted by molar-refractivity contribution is 8.00. The molecule has 1 unspecified atom stereocenters. The van der Waals surface area contributed by atoms with Crippen LogP contribution in [0.4, 0.5) is 0 Å². The second kappa shape index (κ2) is 4.85. The van der Waals surface area contributed by atoms with Gasteiger partial charge in [0.15, 0.2) is 0 Å². The summed E-state index contributed by atoms with van der Waals surface area (Å²) in [7, 11) is 0. The lowest BCUT2D eigenvalue weighted by Crippen LogP contribution is -2.33. The molecule has 1 atom stereocenters. The van der Waals surface area contributed by atoms with Crippen LogP contribution in [0.5, 0.6) is 0 Å². The van der Waals surface area contributed by atoms with Crippen molar-refractivity contribution >= 4 is 11.8 Å². The lowest BCUT2D eigenvalue weighted by molar-refractivity contribution is 0.666. The highest BCUT2D eigenvalue weighted by atomic mass is 32.2. The van der Waals surface area contributed by atoms with Gasteiger partial charge in [-0.05, 0) is 18.9 Å². The molecule has 0 aliphatic carbocycles. The average Bonchev–Trinajstić information content (AvgIpc) is 2.23. The smallest absolute Gasteiger partial charge is 0.0213 e. The van der Waals surface area contributed by atoms with Gasteiger partial charge in [0.25, 0.3) is 0 Å². The summed E-state index contributed by atoms with van der Waals surface area (Å²) in [5.74, 6) is 1.26. The monoisotopic (exact) mass is 207 g/mol. The van der Waals surface area contributed by atoms with E-state index in [9.17, 15) is 0 Å². The molecule has 1 aromatic carbocycles. The van der Waals surface area contributed by atoms with Crippen molar-refractivity contribution in [1.29, 1.82) is 0 Å². The highest BCUT2D eigenvalue weighted by Gasteiger charge is 2.13. The largest absolute Gasteiger partial charge is 0.315 e. The van der Waals surface area contributed by atoms with Gasteiger partial charge in [-0.15, -0.1) is 0 Å². The summed E-state index contributed by atoms with van der Waals surface area (Å²) < 4.78 is 0. The molecular weight excluding hydrogens is 190 g/mol. The first-order valence-electron chi connectivity index (χ1n) is 5.22. The van der Waals surface area contributed by atoms with Crippen molar-refractivity contribution in [1.82, 2.24) is 5.32 Å². The van der Waals surface area contributed by atoms with Crippen LogP contribution in [-0.2, 0) is 6.42 Å². The molecule has 1 fully saturated rings. The zero-order valence-electron chi connectivity index (χ0n) is 8.62. The first-order chi connectivity index (χ1) is 6.84.